The molecule has 3 nitrogen and oxygen atoms in total. The lowest BCUT2D eigenvalue weighted by atomic mass is 10.2. The van der Waals surface area contributed by atoms with E-state index in [0.717, 1.165) is 29.9 Å². The van der Waals surface area contributed by atoms with Gasteiger partial charge in [-0.25, -0.2) is 4.98 Å². The summed E-state index contributed by atoms with van der Waals surface area (Å²) in [4.78, 5) is 6.81. The molecule has 0 aliphatic carbocycles. The first-order chi connectivity index (χ1) is 7.33. The SMILES string of the molecule is CCN(c1ncccc1Br)C1CCNC1. The molecule has 1 saturated heterocycles. The minimum Gasteiger partial charge on any atom is -0.352 e. The normalized spacial score (nSPS) is 20.5. The molecule has 4 heteroatoms. The molecule has 0 saturated carbocycles. The average Bonchev–Trinajstić information content (AvgIpc) is 2.75. The van der Waals surface area contributed by atoms with Crippen LogP contribution in [0.3, 0.4) is 0 Å². The Labute approximate surface area is 99.0 Å². The van der Waals surface area contributed by atoms with Gasteiger partial charge in [0.15, 0.2) is 0 Å². The van der Waals surface area contributed by atoms with E-state index in [1.165, 1.54) is 6.42 Å². The fourth-order valence-electron chi connectivity index (χ4n) is 2.08. The molecule has 1 aromatic rings. The van der Waals surface area contributed by atoms with E-state index in [1.54, 1.807) is 0 Å². The van der Waals surface area contributed by atoms with E-state index >= 15 is 0 Å². The van der Waals surface area contributed by atoms with Gasteiger partial charge in [-0.3, -0.25) is 0 Å². The molecule has 1 fully saturated rings. The van der Waals surface area contributed by atoms with Crippen molar-refractivity contribution in [1.82, 2.24) is 10.3 Å². The molecule has 1 N–H and O–H groups in total. The quantitative estimate of drug-likeness (QED) is 0.911. The van der Waals surface area contributed by atoms with E-state index in [2.05, 4.69) is 38.1 Å². The summed E-state index contributed by atoms with van der Waals surface area (Å²) in [5.41, 5.74) is 0. The number of rotatable bonds is 3. The van der Waals surface area contributed by atoms with E-state index in [1.807, 2.05) is 18.3 Å². The van der Waals surface area contributed by atoms with Crippen LogP contribution in [0.2, 0.25) is 0 Å². The van der Waals surface area contributed by atoms with Crippen molar-refractivity contribution in [3.05, 3.63) is 22.8 Å². The standard InChI is InChI=1S/C11H16BrN3/c1-2-15(9-5-7-13-8-9)11-10(12)4-3-6-14-11/h3-4,6,9,13H,2,5,7-8H2,1H3. The second kappa shape index (κ2) is 4.94. The van der Waals surface area contributed by atoms with Crippen LogP contribution >= 0.6 is 15.9 Å². The van der Waals surface area contributed by atoms with Gasteiger partial charge in [-0.15, -0.1) is 0 Å². The molecule has 1 aliphatic rings. The Morgan fingerprint density at radius 2 is 2.53 bits per heavy atom. The molecule has 1 aliphatic heterocycles. The first-order valence-corrected chi connectivity index (χ1v) is 6.20. The van der Waals surface area contributed by atoms with Gasteiger partial charge < -0.3 is 10.2 Å². The third-order valence-electron chi connectivity index (χ3n) is 2.83. The summed E-state index contributed by atoms with van der Waals surface area (Å²) < 4.78 is 1.08. The fraction of sp³-hybridized carbons (Fsp3) is 0.545. The molecule has 0 aromatic carbocycles. The first kappa shape index (κ1) is 10.9. The minimum absolute atomic E-state index is 0.584. The van der Waals surface area contributed by atoms with Crippen LogP contribution in [0.15, 0.2) is 22.8 Å². The fourth-order valence-corrected chi connectivity index (χ4v) is 2.56. The molecule has 82 valence electrons. The largest absolute Gasteiger partial charge is 0.352 e. The van der Waals surface area contributed by atoms with E-state index < -0.39 is 0 Å². The summed E-state index contributed by atoms with van der Waals surface area (Å²) in [5.74, 6) is 1.06. The predicted molar refractivity (Wildman–Crippen MR) is 66.2 cm³/mol. The van der Waals surface area contributed by atoms with Crippen molar-refractivity contribution < 1.29 is 0 Å². The van der Waals surface area contributed by atoms with Crippen molar-refractivity contribution in [2.75, 3.05) is 24.5 Å². The molecule has 0 radical (unpaired) electrons. The lowest BCUT2D eigenvalue weighted by molar-refractivity contribution is 0.639. The Balaban J connectivity index is 2.22. The molecule has 1 unspecified atom stereocenters. The zero-order valence-corrected chi connectivity index (χ0v) is 10.5. The molecule has 2 rings (SSSR count). The number of aromatic nitrogens is 1. The van der Waals surface area contributed by atoms with Crippen molar-refractivity contribution in [3.63, 3.8) is 0 Å². The number of halogens is 1. The molecule has 0 bridgehead atoms. The Morgan fingerprint density at radius 3 is 3.13 bits per heavy atom. The number of hydrogen-bond acceptors (Lipinski definition) is 3. The summed E-state index contributed by atoms with van der Waals surface area (Å²) in [6.45, 7) is 5.36. The van der Waals surface area contributed by atoms with Crippen molar-refractivity contribution in [2.45, 2.75) is 19.4 Å². The van der Waals surface area contributed by atoms with Gasteiger partial charge in [-0.1, -0.05) is 0 Å². The zero-order valence-electron chi connectivity index (χ0n) is 8.91. The number of hydrogen-bond donors (Lipinski definition) is 1. The monoisotopic (exact) mass is 269 g/mol. The predicted octanol–water partition coefficient (Wildman–Crippen LogP) is 2.03. The van der Waals surface area contributed by atoms with Crippen LogP contribution in [0.1, 0.15) is 13.3 Å². The van der Waals surface area contributed by atoms with Crippen molar-refractivity contribution in [3.8, 4) is 0 Å². The Morgan fingerprint density at radius 1 is 1.67 bits per heavy atom. The van der Waals surface area contributed by atoms with Crippen LogP contribution < -0.4 is 10.2 Å². The molecular weight excluding hydrogens is 254 g/mol. The van der Waals surface area contributed by atoms with Gasteiger partial charge in [0.25, 0.3) is 0 Å². The smallest absolute Gasteiger partial charge is 0.143 e. The van der Waals surface area contributed by atoms with Crippen molar-refractivity contribution >= 4 is 21.7 Å². The van der Waals surface area contributed by atoms with E-state index in [9.17, 15) is 0 Å². The molecular formula is C11H16BrN3. The van der Waals surface area contributed by atoms with Crippen LogP contribution in [0, 0.1) is 0 Å². The lowest BCUT2D eigenvalue weighted by Crippen LogP contribution is -2.37. The molecule has 1 aromatic heterocycles. The first-order valence-electron chi connectivity index (χ1n) is 5.40. The highest BCUT2D eigenvalue weighted by atomic mass is 79.9. The second-order valence-corrected chi connectivity index (χ2v) is 4.60. The van der Waals surface area contributed by atoms with Gasteiger partial charge in [0, 0.05) is 25.3 Å². The molecule has 1 atom stereocenters. The molecule has 15 heavy (non-hydrogen) atoms. The Kier molecular flexibility index (Phi) is 3.59. The average molecular weight is 270 g/mol. The Hall–Kier alpha value is -0.610. The van der Waals surface area contributed by atoms with Gasteiger partial charge in [-0.05, 0) is 48.0 Å². The second-order valence-electron chi connectivity index (χ2n) is 3.74. The highest BCUT2D eigenvalue weighted by Crippen LogP contribution is 2.25. The summed E-state index contributed by atoms with van der Waals surface area (Å²) in [7, 11) is 0. The third kappa shape index (κ3) is 2.32. The lowest BCUT2D eigenvalue weighted by Gasteiger charge is -2.28. The van der Waals surface area contributed by atoms with Gasteiger partial charge in [0.2, 0.25) is 0 Å². The maximum Gasteiger partial charge on any atom is 0.143 e. The van der Waals surface area contributed by atoms with Crippen LogP contribution in [0.4, 0.5) is 5.82 Å². The topological polar surface area (TPSA) is 28.2 Å². The summed E-state index contributed by atoms with van der Waals surface area (Å²) >= 11 is 3.56. The summed E-state index contributed by atoms with van der Waals surface area (Å²) in [6, 6.07) is 4.59. The van der Waals surface area contributed by atoms with Gasteiger partial charge in [0.1, 0.15) is 5.82 Å². The van der Waals surface area contributed by atoms with Crippen LogP contribution in [-0.2, 0) is 0 Å². The third-order valence-corrected chi connectivity index (χ3v) is 3.45. The maximum absolute atomic E-state index is 4.45. The van der Waals surface area contributed by atoms with Crippen LogP contribution in [-0.4, -0.2) is 30.7 Å². The van der Waals surface area contributed by atoms with Crippen LogP contribution in [0.5, 0.6) is 0 Å². The Bertz CT molecular complexity index is 323. The number of nitrogens with zero attached hydrogens (tertiary/aromatic N) is 2. The van der Waals surface area contributed by atoms with Crippen molar-refractivity contribution in [2.24, 2.45) is 0 Å². The minimum atomic E-state index is 0.584. The van der Waals surface area contributed by atoms with E-state index in [-0.39, 0.29) is 0 Å². The number of pyridine rings is 1. The summed E-state index contributed by atoms with van der Waals surface area (Å²) in [5, 5.41) is 3.39. The summed E-state index contributed by atoms with van der Waals surface area (Å²) in [6.07, 6.45) is 3.06. The highest BCUT2D eigenvalue weighted by Gasteiger charge is 2.23. The van der Waals surface area contributed by atoms with E-state index in [4.69, 9.17) is 0 Å². The van der Waals surface area contributed by atoms with E-state index in [0.29, 0.717) is 6.04 Å². The number of nitrogens with one attached hydrogen (secondary N) is 1. The van der Waals surface area contributed by atoms with Gasteiger partial charge in [-0.2, -0.15) is 0 Å². The number of likely N-dealkylation sites (N-methyl/N-ethyl adjacent to an activating group) is 1. The van der Waals surface area contributed by atoms with Gasteiger partial charge in [0.05, 0.1) is 4.47 Å². The van der Waals surface area contributed by atoms with Gasteiger partial charge >= 0.3 is 0 Å². The van der Waals surface area contributed by atoms with Crippen LogP contribution in [0.25, 0.3) is 0 Å². The van der Waals surface area contributed by atoms with Crippen molar-refractivity contribution in [1.29, 1.82) is 0 Å². The maximum atomic E-state index is 4.45. The zero-order chi connectivity index (χ0) is 10.7. The molecule has 2 heterocycles. The highest BCUT2D eigenvalue weighted by molar-refractivity contribution is 9.10. The molecule has 0 amide bonds. The number of anilines is 1. The molecule has 0 spiro atoms.